The molecule has 5 saturated carbocycles. The first-order valence-corrected chi connectivity index (χ1v) is 21.7. The van der Waals surface area contributed by atoms with Crippen LogP contribution in [0, 0.1) is 64.1 Å². The Kier molecular flexibility index (Phi) is 9.99. The van der Waals surface area contributed by atoms with E-state index < -0.39 is 5.60 Å². The van der Waals surface area contributed by atoms with Gasteiger partial charge in [0.2, 0.25) is 0 Å². The Balaban J connectivity index is 0.949. The Morgan fingerprint density at radius 1 is 0.860 bits per heavy atom. The number of nitrogens with one attached hydrogen (secondary N) is 1. The Hall–Kier alpha value is -1.14. The number of rotatable bonds is 9. The van der Waals surface area contributed by atoms with Crippen LogP contribution in [0.1, 0.15) is 136 Å². The van der Waals surface area contributed by atoms with E-state index in [9.17, 15) is 15.3 Å². The van der Waals surface area contributed by atoms with E-state index in [0.29, 0.717) is 47.5 Å². The minimum Gasteiger partial charge on any atom is -0.393 e. The predicted molar refractivity (Wildman–Crippen MR) is 204 cm³/mol. The van der Waals surface area contributed by atoms with Crippen molar-refractivity contribution in [1.29, 1.82) is 0 Å². The summed E-state index contributed by atoms with van der Waals surface area (Å²) in [5.41, 5.74) is 2.23. The maximum absolute atomic E-state index is 12.2. The van der Waals surface area contributed by atoms with Crippen LogP contribution < -0.4 is 5.32 Å². The molecule has 0 aromatic heterocycles. The summed E-state index contributed by atoms with van der Waals surface area (Å²) in [7, 11) is 0. The highest BCUT2D eigenvalue weighted by molar-refractivity contribution is 5.45. The molecule has 0 unspecified atom stereocenters. The molecule has 2 saturated heterocycles. The lowest BCUT2D eigenvalue weighted by molar-refractivity contribution is -0.180. The summed E-state index contributed by atoms with van der Waals surface area (Å²) in [4.78, 5) is 2.71. The largest absolute Gasteiger partial charge is 0.393 e. The Morgan fingerprint density at radius 3 is 2.56 bits per heavy atom. The van der Waals surface area contributed by atoms with Gasteiger partial charge in [-0.05, 0) is 179 Å². The summed E-state index contributed by atoms with van der Waals surface area (Å²) in [6, 6.07) is 9.45. The lowest BCUT2D eigenvalue weighted by Crippen LogP contribution is -2.67. The second kappa shape index (κ2) is 13.9. The molecule has 7 aliphatic rings. The number of fused-ring (bicyclic) bond motifs is 8. The molecular formula is C45H72N2O3. The number of aliphatic hydroxyl groups is 3. The van der Waals surface area contributed by atoms with E-state index in [-0.39, 0.29) is 29.0 Å². The van der Waals surface area contributed by atoms with Crippen molar-refractivity contribution in [3.05, 3.63) is 29.8 Å². The number of aliphatic hydroxyl groups excluding tert-OH is 2. The fourth-order valence-corrected chi connectivity index (χ4v) is 15.0. The van der Waals surface area contributed by atoms with Crippen LogP contribution in [0.25, 0.3) is 0 Å². The molecule has 5 aliphatic carbocycles. The van der Waals surface area contributed by atoms with Crippen LogP contribution in [0.5, 0.6) is 0 Å². The Bertz CT molecular complexity index is 1330. The van der Waals surface area contributed by atoms with E-state index in [1.165, 1.54) is 82.0 Å². The van der Waals surface area contributed by atoms with Gasteiger partial charge in [0.1, 0.15) is 0 Å². The number of piperidine rings is 2. The number of hydrogen-bond donors (Lipinski definition) is 4. The van der Waals surface area contributed by atoms with Gasteiger partial charge in [0, 0.05) is 31.4 Å². The lowest BCUT2D eigenvalue weighted by atomic mass is 9.46. The molecule has 4 N–H and O–H groups in total. The van der Waals surface area contributed by atoms with Gasteiger partial charge in [-0.1, -0.05) is 52.2 Å². The molecule has 280 valence electrons. The van der Waals surface area contributed by atoms with Gasteiger partial charge >= 0.3 is 0 Å². The van der Waals surface area contributed by atoms with Gasteiger partial charge in [0.05, 0.1) is 17.8 Å². The molecule has 5 heteroatoms. The van der Waals surface area contributed by atoms with E-state index in [0.717, 1.165) is 64.0 Å². The highest BCUT2D eigenvalue weighted by atomic mass is 16.3. The monoisotopic (exact) mass is 689 g/mol. The van der Waals surface area contributed by atoms with Gasteiger partial charge in [-0.3, -0.25) is 4.90 Å². The van der Waals surface area contributed by atoms with Crippen LogP contribution in [0.3, 0.4) is 0 Å². The van der Waals surface area contributed by atoms with Crippen molar-refractivity contribution < 1.29 is 15.3 Å². The normalized spacial score (nSPS) is 48.4. The number of benzene rings is 1. The third kappa shape index (κ3) is 6.22. The predicted octanol–water partition coefficient (Wildman–Crippen LogP) is 8.70. The zero-order chi connectivity index (χ0) is 34.8. The van der Waals surface area contributed by atoms with E-state index in [1.54, 1.807) is 0 Å². The summed E-state index contributed by atoms with van der Waals surface area (Å²) < 4.78 is 0. The molecule has 1 aromatic rings. The highest BCUT2D eigenvalue weighted by Gasteiger charge is 2.67. The molecule has 8 rings (SSSR count). The number of hydrogen-bond acceptors (Lipinski definition) is 5. The van der Waals surface area contributed by atoms with Crippen molar-refractivity contribution in [3.8, 4) is 0 Å². The number of nitrogens with zero attached hydrogens (tertiary/aromatic N) is 1. The van der Waals surface area contributed by atoms with E-state index >= 15 is 0 Å². The third-order valence-electron chi connectivity index (χ3n) is 17.3. The quantitative estimate of drug-likeness (QED) is 0.195. The first kappa shape index (κ1) is 35.9. The van der Waals surface area contributed by atoms with Gasteiger partial charge in [0.15, 0.2) is 0 Å². The maximum Gasteiger partial charge on any atom is 0.0805 e. The first-order valence-electron chi connectivity index (χ1n) is 21.7. The van der Waals surface area contributed by atoms with E-state index in [2.05, 4.69) is 62.2 Å². The zero-order valence-corrected chi connectivity index (χ0v) is 32.2. The molecule has 7 fully saturated rings. The van der Waals surface area contributed by atoms with Crippen molar-refractivity contribution in [2.24, 2.45) is 64.1 Å². The molecule has 1 aromatic carbocycles. The van der Waals surface area contributed by atoms with Crippen LogP contribution in [-0.2, 0) is 6.42 Å². The van der Waals surface area contributed by atoms with Crippen molar-refractivity contribution in [1.82, 2.24) is 4.90 Å². The average Bonchev–Trinajstić information content (AvgIpc) is 3.67. The third-order valence-corrected chi connectivity index (χ3v) is 17.3. The number of aryl methyl sites for hydroxylation is 1. The van der Waals surface area contributed by atoms with Crippen molar-refractivity contribution in [3.63, 3.8) is 0 Å². The molecule has 5 nitrogen and oxygen atoms in total. The Labute approximate surface area is 304 Å². The Morgan fingerprint density at radius 2 is 1.72 bits per heavy atom. The molecule has 0 bridgehead atoms. The summed E-state index contributed by atoms with van der Waals surface area (Å²) >= 11 is 0. The van der Waals surface area contributed by atoms with E-state index in [1.807, 2.05) is 0 Å². The van der Waals surface area contributed by atoms with Gasteiger partial charge in [-0.25, -0.2) is 0 Å². The fraction of sp³-hybridized carbons (Fsp3) is 0.867. The molecule has 2 aliphatic heterocycles. The van der Waals surface area contributed by atoms with Crippen LogP contribution >= 0.6 is 0 Å². The van der Waals surface area contributed by atoms with Gasteiger partial charge < -0.3 is 20.6 Å². The SMILES string of the molecule is CCCCCCNc1cccc(CC[C@@H]2CC[C@]3(C2)C[C@@]2(C)[C@@H]4C[C@@H]5[C@@H](CC[C@@H]6[C@H]5CN5C[C@@H](C)CC[C@H]5[C@@]6(C)O)[C@@H]4C[C@H](O)[C@H]2C[C@H]3O)c1. The molecule has 2 heterocycles. The molecule has 50 heavy (non-hydrogen) atoms. The van der Waals surface area contributed by atoms with Gasteiger partial charge in [-0.15, -0.1) is 0 Å². The molecule has 15 atom stereocenters. The van der Waals surface area contributed by atoms with Crippen molar-refractivity contribution >= 4 is 5.69 Å². The fourth-order valence-electron chi connectivity index (χ4n) is 15.0. The minimum absolute atomic E-state index is 0.0153. The number of unbranched alkanes of at least 4 members (excludes halogenated alkanes) is 3. The smallest absolute Gasteiger partial charge is 0.0805 e. The standard InChI is InChI=1S/C45H72N2O3/c1-5-6-7-8-20-46-32-11-9-10-30(21-32)13-14-31-18-19-45(25-31)28-43(3)38-22-34-33(35(38)23-40(48)39(43)24-42(45)49)15-16-37-36(34)27-47-26-29(2)12-17-41(47)44(37,4)50/h9-11,21,29,31,33-42,46,48-50H,5-8,12-20,22-28H2,1-4H3/t29-,31+,33+,34+,35-,36-,37+,38+,39+,40-,41-,42+,43-,44-,45-/m0/s1. The summed E-state index contributed by atoms with van der Waals surface area (Å²) in [5.74, 6) is 5.26. The zero-order valence-electron chi connectivity index (χ0n) is 32.2. The second-order valence-corrected chi connectivity index (χ2v) is 20.1. The average molecular weight is 689 g/mol. The second-order valence-electron chi connectivity index (χ2n) is 20.1. The van der Waals surface area contributed by atoms with Crippen LogP contribution in [-0.4, -0.2) is 63.7 Å². The van der Waals surface area contributed by atoms with E-state index in [4.69, 9.17) is 0 Å². The minimum atomic E-state index is -0.586. The van der Waals surface area contributed by atoms with Crippen LogP contribution in [0.2, 0.25) is 0 Å². The maximum atomic E-state index is 12.2. The lowest BCUT2D eigenvalue weighted by Gasteiger charge is -2.60. The summed E-state index contributed by atoms with van der Waals surface area (Å²) in [6.07, 6.45) is 19.4. The summed E-state index contributed by atoms with van der Waals surface area (Å²) in [6.45, 7) is 12.8. The molecule has 1 spiro atoms. The molecular weight excluding hydrogens is 617 g/mol. The highest BCUT2D eigenvalue weighted by Crippen LogP contribution is 2.70. The van der Waals surface area contributed by atoms with Crippen molar-refractivity contribution in [2.75, 3.05) is 25.0 Å². The van der Waals surface area contributed by atoms with Crippen molar-refractivity contribution in [2.45, 2.75) is 161 Å². The van der Waals surface area contributed by atoms with Gasteiger partial charge in [0.25, 0.3) is 0 Å². The number of anilines is 1. The topological polar surface area (TPSA) is 76.0 Å². The van der Waals surface area contributed by atoms with Crippen LogP contribution in [0.15, 0.2) is 24.3 Å². The van der Waals surface area contributed by atoms with Gasteiger partial charge in [-0.2, -0.15) is 0 Å². The van der Waals surface area contributed by atoms with Crippen LogP contribution in [0.4, 0.5) is 5.69 Å². The molecule has 0 amide bonds. The summed E-state index contributed by atoms with van der Waals surface area (Å²) in [5, 5.41) is 39.7. The molecule has 0 radical (unpaired) electrons. The first-order chi connectivity index (χ1) is 24.0.